The van der Waals surface area contributed by atoms with E-state index in [4.69, 9.17) is 15.6 Å². The van der Waals surface area contributed by atoms with E-state index < -0.39 is 0 Å². The molecule has 0 aromatic carbocycles. The SMILES string of the molecule is COc1ncc(C(N)CCO)cc1C. The fourth-order valence-electron chi connectivity index (χ4n) is 1.31. The van der Waals surface area contributed by atoms with Crippen molar-refractivity contribution < 1.29 is 9.84 Å². The molecular formula is C10H16N2O2. The highest BCUT2D eigenvalue weighted by atomic mass is 16.5. The number of aryl methyl sites for hydroxylation is 1. The number of nitrogens with zero attached hydrogens (tertiary/aromatic N) is 1. The molecule has 0 aliphatic carbocycles. The van der Waals surface area contributed by atoms with Crippen LogP contribution in [-0.4, -0.2) is 23.8 Å². The standard InChI is InChI=1S/C10H16N2O2/c1-7-5-8(9(11)3-4-13)6-12-10(7)14-2/h5-6,9,13H,3-4,11H2,1-2H3. The summed E-state index contributed by atoms with van der Waals surface area (Å²) >= 11 is 0. The van der Waals surface area contributed by atoms with Crippen LogP contribution in [-0.2, 0) is 0 Å². The van der Waals surface area contributed by atoms with Crippen molar-refractivity contribution in [2.24, 2.45) is 5.73 Å². The Morgan fingerprint density at radius 2 is 2.36 bits per heavy atom. The van der Waals surface area contributed by atoms with Gasteiger partial charge in [-0.25, -0.2) is 4.98 Å². The van der Waals surface area contributed by atoms with E-state index in [0.29, 0.717) is 12.3 Å². The van der Waals surface area contributed by atoms with Gasteiger partial charge >= 0.3 is 0 Å². The van der Waals surface area contributed by atoms with Crippen molar-refractivity contribution in [3.8, 4) is 5.88 Å². The highest BCUT2D eigenvalue weighted by Crippen LogP contribution is 2.19. The summed E-state index contributed by atoms with van der Waals surface area (Å²) in [6, 6.07) is 1.78. The van der Waals surface area contributed by atoms with Gasteiger partial charge in [-0.1, -0.05) is 0 Å². The molecule has 1 unspecified atom stereocenters. The third-order valence-corrected chi connectivity index (χ3v) is 2.11. The van der Waals surface area contributed by atoms with E-state index in [1.54, 1.807) is 13.3 Å². The third-order valence-electron chi connectivity index (χ3n) is 2.11. The van der Waals surface area contributed by atoms with Crippen molar-refractivity contribution >= 4 is 0 Å². The van der Waals surface area contributed by atoms with E-state index in [-0.39, 0.29) is 12.6 Å². The van der Waals surface area contributed by atoms with Crippen LogP contribution in [0.25, 0.3) is 0 Å². The molecule has 1 heterocycles. The van der Waals surface area contributed by atoms with Crippen LogP contribution in [0, 0.1) is 6.92 Å². The molecule has 0 aliphatic heterocycles. The smallest absolute Gasteiger partial charge is 0.215 e. The normalized spacial score (nSPS) is 12.6. The molecule has 0 amide bonds. The van der Waals surface area contributed by atoms with Gasteiger partial charge < -0.3 is 15.6 Å². The minimum absolute atomic E-state index is 0.0895. The summed E-state index contributed by atoms with van der Waals surface area (Å²) in [7, 11) is 1.59. The number of ether oxygens (including phenoxy) is 1. The maximum atomic E-state index is 8.74. The first-order valence-electron chi connectivity index (χ1n) is 4.56. The van der Waals surface area contributed by atoms with Crippen LogP contribution in [0.1, 0.15) is 23.6 Å². The average molecular weight is 196 g/mol. The lowest BCUT2D eigenvalue weighted by molar-refractivity contribution is 0.276. The summed E-state index contributed by atoms with van der Waals surface area (Å²) in [5, 5.41) is 8.74. The zero-order valence-corrected chi connectivity index (χ0v) is 8.53. The fraction of sp³-hybridized carbons (Fsp3) is 0.500. The van der Waals surface area contributed by atoms with E-state index in [2.05, 4.69) is 4.98 Å². The number of methoxy groups -OCH3 is 1. The zero-order chi connectivity index (χ0) is 10.6. The van der Waals surface area contributed by atoms with Gasteiger partial charge in [0.15, 0.2) is 0 Å². The van der Waals surface area contributed by atoms with E-state index in [1.165, 1.54) is 0 Å². The Balaban J connectivity index is 2.85. The van der Waals surface area contributed by atoms with Crippen LogP contribution in [0.4, 0.5) is 0 Å². The molecule has 0 fully saturated rings. The maximum absolute atomic E-state index is 8.74. The first-order chi connectivity index (χ1) is 6.69. The number of aliphatic hydroxyl groups excluding tert-OH is 1. The van der Waals surface area contributed by atoms with Gasteiger partial charge in [0.2, 0.25) is 5.88 Å². The van der Waals surface area contributed by atoms with E-state index in [0.717, 1.165) is 11.1 Å². The van der Waals surface area contributed by atoms with Crippen molar-refractivity contribution in [3.63, 3.8) is 0 Å². The molecule has 1 atom stereocenters. The van der Waals surface area contributed by atoms with Crippen molar-refractivity contribution in [3.05, 3.63) is 23.4 Å². The Morgan fingerprint density at radius 1 is 1.64 bits per heavy atom. The highest BCUT2D eigenvalue weighted by molar-refractivity contribution is 5.29. The highest BCUT2D eigenvalue weighted by Gasteiger charge is 2.08. The Labute approximate surface area is 83.7 Å². The minimum Gasteiger partial charge on any atom is -0.481 e. The van der Waals surface area contributed by atoms with Crippen molar-refractivity contribution in [1.29, 1.82) is 0 Å². The molecule has 4 heteroatoms. The molecule has 0 spiro atoms. The molecule has 1 rings (SSSR count). The number of pyridine rings is 1. The number of nitrogens with two attached hydrogens (primary N) is 1. The van der Waals surface area contributed by atoms with Gasteiger partial charge in [0.25, 0.3) is 0 Å². The molecule has 78 valence electrons. The van der Waals surface area contributed by atoms with Crippen LogP contribution in [0.15, 0.2) is 12.3 Å². The Bertz CT molecular complexity index is 302. The fourth-order valence-corrected chi connectivity index (χ4v) is 1.31. The Morgan fingerprint density at radius 3 is 2.86 bits per heavy atom. The minimum atomic E-state index is -0.155. The first kappa shape index (κ1) is 10.9. The maximum Gasteiger partial charge on any atom is 0.215 e. The molecule has 0 aliphatic rings. The summed E-state index contributed by atoms with van der Waals surface area (Å²) in [5.74, 6) is 0.616. The molecule has 0 saturated carbocycles. The number of aliphatic hydroxyl groups is 1. The summed E-state index contributed by atoms with van der Waals surface area (Å²) in [6.45, 7) is 2.01. The van der Waals surface area contributed by atoms with E-state index in [1.807, 2.05) is 13.0 Å². The Kier molecular flexibility index (Phi) is 3.85. The average Bonchev–Trinajstić information content (AvgIpc) is 2.18. The molecule has 0 radical (unpaired) electrons. The predicted molar refractivity (Wildman–Crippen MR) is 54.2 cm³/mol. The molecule has 1 aromatic heterocycles. The van der Waals surface area contributed by atoms with Crippen LogP contribution >= 0.6 is 0 Å². The van der Waals surface area contributed by atoms with Gasteiger partial charge in [-0.3, -0.25) is 0 Å². The quantitative estimate of drug-likeness (QED) is 0.746. The lowest BCUT2D eigenvalue weighted by Gasteiger charge is -2.11. The van der Waals surface area contributed by atoms with Gasteiger partial charge in [-0.05, 0) is 25.0 Å². The van der Waals surface area contributed by atoms with Gasteiger partial charge in [-0.2, -0.15) is 0 Å². The monoisotopic (exact) mass is 196 g/mol. The van der Waals surface area contributed by atoms with Crippen LogP contribution < -0.4 is 10.5 Å². The van der Waals surface area contributed by atoms with Gasteiger partial charge in [0.05, 0.1) is 7.11 Å². The summed E-state index contributed by atoms with van der Waals surface area (Å²) in [6.07, 6.45) is 2.24. The number of hydrogen-bond acceptors (Lipinski definition) is 4. The molecule has 0 bridgehead atoms. The van der Waals surface area contributed by atoms with Gasteiger partial charge in [0.1, 0.15) is 0 Å². The molecule has 14 heavy (non-hydrogen) atoms. The topological polar surface area (TPSA) is 68.4 Å². The van der Waals surface area contributed by atoms with Crippen molar-refractivity contribution in [2.45, 2.75) is 19.4 Å². The molecular weight excluding hydrogens is 180 g/mol. The second-order valence-corrected chi connectivity index (χ2v) is 3.21. The van der Waals surface area contributed by atoms with E-state index in [9.17, 15) is 0 Å². The molecule has 4 nitrogen and oxygen atoms in total. The molecule has 0 saturated heterocycles. The second-order valence-electron chi connectivity index (χ2n) is 3.21. The predicted octanol–water partition coefficient (Wildman–Crippen LogP) is 0.781. The van der Waals surface area contributed by atoms with Gasteiger partial charge in [0, 0.05) is 24.4 Å². The second kappa shape index (κ2) is 4.93. The van der Waals surface area contributed by atoms with Crippen LogP contribution in [0.5, 0.6) is 5.88 Å². The van der Waals surface area contributed by atoms with E-state index >= 15 is 0 Å². The summed E-state index contributed by atoms with van der Waals surface area (Å²) in [5.41, 5.74) is 7.71. The summed E-state index contributed by atoms with van der Waals surface area (Å²) < 4.78 is 5.04. The summed E-state index contributed by atoms with van der Waals surface area (Å²) in [4.78, 5) is 4.12. The molecule has 1 aromatic rings. The van der Waals surface area contributed by atoms with Crippen LogP contribution in [0.3, 0.4) is 0 Å². The number of hydrogen-bond donors (Lipinski definition) is 2. The van der Waals surface area contributed by atoms with Crippen molar-refractivity contribution in [2.75, 3.05) is 13.7 Å². The lowest BCUT2D eigenvalue weighted by atomic mass is 10.1. The largest absolute Gasteiger partial charge is 0.481 e. The third kappa shape index (κ3) is 2.43. The Hall–Kier alpha value is -1.13. The van der Waals surface area contributed by atoms with Crippen molar-refractivity contribution in [1.82, 2.24) is 4.98 Å². The van der Waals surface area contributed by atoms with Gasteiger partial charge in [-0.15, -0.1) is 0 Å². The lowest BCUT2D eigenvalue weighted by Crippen LogP contribution is -2.12. The number of rotatable bonds is 4. The molecule has 3 N–H and O–H groups in total. The zero-order valence-electron chi connectivity index (χ0n) is 8.53. The first-order valence-corrected chi connectivity index (χ1v) is 4.56. The van der Waals surface area contributed by atoms with Crippen LogP contribution in [0.2, 0.25) is 0 Å². The number of aromatic nitrogens is 1.